The number of nitrogens with one attached hydrogen (secondary N) is 2. The molecule has 22 heavy (non-hydrogen) atoms. The second kappa shape index (κ2) is 7.65. The third-order valence-corrected chi connectivity index (χ3v) is 5.19. The number of hydrogen-bond donors (Lipinski definition) is 2. The molecule has 2 nitrogen and oxygen atoms in total. The van der Waals surface area contributed by atoms with Crippen molar-refractivity contribution < 1.29 is 0 Å². The van der Waals surface area contributed by atoms with Crippen molar-refractivity contribution in [3.8, 4) is 0 Å². The van der Waals surface area contributed by atoms with Gasteiger partial charge in [0.25, 0.3) is 0 Å². The van der Waals surface area contributed by atoms with Gasteiger partial charge in [0.2, 0.25) is 0 Å². The average Bonchev–Trinajstić information content (AvgIpc) is 2.56. The van der Waals surface area contributed by atoms with Crippen LogP contribution in [0.3, 0.4) is 0 Å². The van der Waals surface area contributed by atoms with Crippen molar-refractivity contribution in [3.05, 3.63) is 65.7 Å². The normalized spacial score (nSPS) is 16.6. The highest BCUT2D eigenvalue weighted by molar-refractivity contribution is 7.99. The molecule has 0 radical (unpaired) electrons. The van der Waals surface area contributed by atoms with Crippen LogP contribution in [0, 0.1) is 0 Å². The highest BCUT2D eigenvalue weighted by Gasteiger charge is 2.20. The molecule has 0 aromatic heterocycles. The van der Waals surface area contributed by atoms with Crippen LogP contribution in [0.2, 0.25) is 0 Å². The van der Waals surface area contributed by atoms with E-state index in [0.717, 1.165) is 30.3 Å². The SMILES string of the molecule is S=C(NCCc1ccccc1)N[C@H]1CCSc2ccccc21. The monoisotopic (exact) mass is 328 g/mol. The Morgan fingerprint density at radius 3 is 2.73 bits per heavy atom. The van der Waals surface area contributed by atoms with Gasteiger partial charge in [-0.2, -0.15) is 0 Å². The Labute approximate surface area is 141 Å². The van der Waals surface area contributed by atoms with E-state index < -0.39 is 0 Å². The molecular weight excluding hydrogens is 308 g/mol. The Bertz CT molecular complexity index is 628. The lowest BCUT2D eigenvalue weighted by molar-refractivity contribution is 0.603. The fraction of sp³-hybridized carbons (Fsp3) is 0.278. The van der Waals surface area contributed by atoms with Crippen LogP contribution in [0.15, 0.2) is 59.5 Å². The van der Waals surface area contributed by atoms with Crippen LogP contribution in [-0.2, 0) is 6.42 Å². The summed E-state index contributed by atoms with van der Waals surface area (Å²) in [5, 5.41) is 7.54. The summed E-state index contributed by atoms with van der Waals surface area (Å²) < 4.78 is 0. The van der Waals surface area contributed by atoms with E-state index in [1.165, 1.54) is 16.0 Å². The number of hydrogen-bond acceptors (Lipinski definition) is 2. The van der Waals surface area contributed by atoms with Crippen LogP contribution in [0.1, 0.15) is 23.6 Å². The van der Waals surface area contributed by atoms with Gasteiger partial charge >= 0.3 is 0 Å². The molecule has 114 valence electrons. The van der Waals surface area contributed by atoms with Gasteiger partial charge in [-0.15, -0.1) is 11.8 Å². The molecule has 0 saturated heterocycles. The highest BCUT2D eigenvalue weighted by atomic mass is 32.2. The summed E-state index contributed by atoms with van der Waals surface area (Å²) in [6.45, 7) is 0.860. The molecule has 0 aliphatic carbocycles. The average molecular weight is 329 g/mol. The maximum Gasteiger partial charge on any atom is 0.166 e. The lowest BCUT2D eigenvalue weighted by Gasteiger charge is -2.27. The summed E-state index contributed by atoms with van der Waals surface area (Å²) in [5.74, 6) is 1.14. The Kier molecular flexibility index (Phi) is 5.35. The molecule has 1 heterocycles. The number of rotatable bonds is 4. The molecule has 1 aliphatic heterocycles. The molecule has 0 bridgehead atoms. The maximum absolute atomic E-state index is 5.45. The minimum Gasteiger partial charge on any atom is -0.362 e. The molecule has 2 N–H and O–H groups in total. The van der Waals surface area contributed by atoms with Crippen molar-refractivity contribution in [1.82, 2.24) is 10.6 Å². The Balaban J connectivity index is 1.50. The summed E-state index contributed by atoms with van der Waals surface area (Å²) in [5.41, 5.74) is 2.70. The Hall–Kier alpha value is -1.52. The first-order chi connectivity index (χ1) is 10.8. The summed E-state index contributed by atoms with van der Waals surface area (Å²) in [7, 11) is 0. The van der Waals surface area contributed by atoms with Crippen molar-refractivity contribution in [1.29, 1.82) is 0 Å². The van der Waals surface area contributed by atoms with Crippen molar-refractivity contribution in [2.45, 2.75) is 23.8 Å². The molecule has 0 spiro atoms. The van der Waals surface area contributed by atoms with E-state index in [2.05, 4.69) is 59.2 Å². The lowest BCUT2D eigenvalue weighted by Crippen LogP contribution is -2.39. The van der Waals surface area contributed by atoms with Crippen LogP contribution < -0.4 is 10.6 Å². The standard InChI is InChI=1S/C18H20N2S2/c21-18(19-12-10-14-6-2-1-3-7-14)20-16-11-13-22-17-9-5-4-8-15(16)17/h1-9,16H,10-13H2,(H2,19,20,21)/t16-/m0/s1. The highest BCUT2D eigenvalue weighted by Crippen LogP contribution is 2.35. The third kappa shape index (κ3) is 4.02. The van der Waals surface area contributed by atoms with Gasteiger partial charge in [-0.1, -0.05) is 48.5 Å². The van der Waals surface area contributed by atoms with E-state index in [4.69, 9.17) is 12.2 Å². The quantitative estimate of drug-likeness (QED) is 0.831. The molecule has 1 aliphatic rings. The second-order valence-corrected chi connectivity index (χ2v) is 6.91. The predicted molar refractivity (Wildman–Crippen MR) is 98.4 cm³/mol. The zero-order valence-electron chi connectivity index (χ0n) is 12.4. The van der Waals surface area contributed by atoms with Gasteiger partial charge in [0, 0.05) is 17.2 Å². The first-order valence-corrected chi connectivity index (χ1v) is 9.02. The molecule has 4 heteroatoms. The fourth-order valence-corrected chi connectivity index (χ4v) is 4.04. The zero-order chi connectivity index (χ0) is 15.2. The van der Waals surface area contributed by atoms with Gasteiger partial charge in [-0.05, 0) is 42.3 Å². The van der Waals surface area contributed by atoms with Gasteiger partial charge < -0.3 is 10.6 Å². The molecule has 2 aromatic rings. The van der Waals surface area contributed by atoms with E-state index in [-0.39, 0.29) is 0 Å². The zero-order valence-corrected chi connectivity index (χ0v) is 14.1. The van der Waals surface area contributed by atoms with Crippen molar-refractivity contribution >= 4 is 29.1 Å². The Morgan fingerprint density at radius 1 is 1.09 bits per heavy atom. The van der Waals surface area contributed by atoms with Gasteiger partial charge in [0.15, 0.2) is 5.11 Å². The van der Waals surface area contributed by atoms with Crippen molar-refractivity contribution in [3.63, 3.8) is 0 Å². The largest absolute Gasteiger partial charge is 0.362 e. The molecule has 2 aromatic carbocycles. The number of fused-ring (bicyclic) bond motifs is 1. The van der Waals surface area contributed by atoms with E-state index >= 15 is 0 Å². The van der Waals surface area contributed by atoms with Gasteiger partial charge in [0.1, 0.15) is 0 Å². The summed E-state index contributed by atoms with van der Waals surface area (Å²) in [6.07, 6.45) is 2.10. The van der Waals surface area contributed by atoms with E-state index in [9.17, 15) is 0 Å². The fourth-order valence-electron chi connectivity index (χ4n) is 2.67. The van der Waals surface area contributed by atoms with Crippen LogP contribution >= 0.6 is 24.0 Å². The second-order valence-electron chi connectivity index (χ2n) is 5.36. The third-order valence-electron chi connectivity index (χ3n) is 3.81. The van der Waals surface area contributed by atoms with Crippen LogP contribution in [0.25, 0.3) is 0 Å². The number of thioether (sulfide) groups is 1. The molecule has 1 atom stereocenters. The van der Waals surface area contributed by atoms with Gasteiger partial charge in [-0.3, -0.25) is 0 Å². The first kappa shape index (κ1) is 15.4. The lowest BCUT2D eigenvalue weighted by atomic mass is 10.0. The predicted octanol–water partition coefficient (Wildman–Crippen LogP) is 3.93. The van der Waals surface area contributed by atoms with Crippen molar-refractivity contribution in [2.75, 3.05) is 12.3 Å². The van der Waals surface area contributed by atoms with Gasteiger partial charge in [0.05, 0.1) is 6.04 Å². The topological polar surface area (TPSA) is 24.1 Å². The van der Waals surface area contributed by atoms with E-state index in [1.54, 1.807) is 0 Å². The van der Waals surface area contributed by atoms with Crippen molar-refractivity contribution in [2.24, 2.45) is 0 Å². The molecule has 0 unspecified atom stereocenters. The molecule has 0 fully saturated rings. The minimum absolute atomic E-state index is 0.328. The van der Waals surface area contributed by atoms with Gasteiger partial charge in [-0.25, -0.2) is 0 Å². The first-order valence-electron chi connectivity index (χ1n) is 7.63. The molecule has 3 rings (SSSR count). The smallest absolute Gasteiger partial charge is 0.166 e. The minimum atomic E-state index is 0.328. The maximum atomic E-state index is 5.45. The van der Waals surface area contributed by atoms with E-state index in [1.807, 2.05) is 17.8 Å². The van der Waals surface area contributed by atoms with E-state index in [0.29, 0.717) is 6.04 Å². The van der Waals surface area contributed by atoms with Crippen LogP contribution in [0.5, 0.6) is 0 Å². The number of benzene rings is 2. The summed E-state index contributed by atoms with van der Waals surface area (Å²) >= 11 is 7.38. The molecule has 0 amide bonds. The Morgan fingerprint density at radius 2 is 1.86 bits per heavy atom. The summed E-state index contributed by atoms with van der Waals surface area (Å²) in [4.78, 5) is 1.37. The molecule has 0 saturated carbocycles. The summed E-state index contributed by atoms with van der Waals surface area (Å²) in [6, 6.07) is 19.4. The number of thiocarbonyl (C=S) groups is 1. The van der Waals surface area contributed by atoms with Crippen LogP contribution in [-0.4, -0.2) is 17.4 Å². The van der Waals surface area contributed by atoms with Crippen LogP contribution in [0.4, 0.5) is 0 Å². The molecular formula is C18H20N2S2.